The van der Waals surface area contributed by atoms with Crippen molar-refractivity contribution in [3.63, 3.8) is 0 Å². The third kappa shape index (κ3) is 4.37. The molecule has 1 atom stereocenters. The molecule has 116 valence electrons. The number of hydrogen-bond acceptors (Lipinski definition) is 3. The number of aryl methyl sites for hydroxylation is 1. The third-order valence-corrected chi connectivity index (χ3v) is 3.58. The lowest BCUT2D eigenvalue weighted by atomic mass is 10.1. The molecule has 2 rings (SSSR count). The van der Waals surface area contributed by atoms with Crippen LogP contribution in [0.4, 0.5) is 5.69 Å². The van der Waals surface area contributed by atoms with Crippen molar-refractivity contribution >= 4 is 34.8 Å². The van der Waals surface area contributed by atoms with Crippen molar-refractivity contribution in [2.45, 2.75) is 19.4 Å². The van der Waals surface area contributed by atoms with Crippen LogP contribution in [-0.2, 0) is 4.79 Å². The summed E-state index contributed by atoms with van der Waals surface area (Å²) in [6.45, 7) is 1.76. The van der Waals surface area contributed by atoms with Crippen LogP contribution in [-0.4, -0.2) is 16.1 Å². The van der Waals surface area contributed by atoms with Gasteiger partial charge in [0.05, 0.1) is 12.5 Å². The van der Waals surface area contributed by atoms with E-state index < -0.39 is 6.10 Å². The number of carbonyl (C=O) groups excluding carboxylic acids is 1. The molecule has 0 aliphatic rings. The average Bonchev–Trinajstić information content (AvgIpc) is 2.41. The highest BCUT2D eigenvalue weighted by Gasteiger charge is 2.15. The normalized spacial score (nSPS) is 12.0. The SMILES string of the molecule is Cc1ccc(NC(=O)CC(O)c2cc(Cl)cc(Cl)c2)cc1O. The average molecular weight is 340 g/mol. The van der Waals surface area contributed by atoms with Crippen molar-refractivity contribution < 1.29 is 15.0 Å². The summed E-state index contributed by atoms with van der Waals surface area (Å²) in [7, 11) is 0. The van der Waals surface area contributed by atoms with Gasteiger partial charge in [-0.1, -0.05) is 29.3 Å². The molecule has 2 aromatic rings. The zero-order chi connectivity index (χ0) is 16.3. The molecule has 0 fully saturated rings. The number of aliphatic hydroxyl groups is 1. The molecule has 0 aromatic heterocycles. The number of anilines is 1. The van der Waals surface area contributed by atoms with Gasteiger partial charge < -0.3 is 15.5 Å². The Kier molecular flexibility index (Phi) is 5.29. The fourth-order valence-electron chi connectivity index (χ4n) is 1.96. The van der Waals surface area contributed by atoms with Gasteiger partial charge in [0.15, 0.2) is 0 Å². The second kappa shape index (κ2) is 7.01. The molecule has 6 heteroatoms. The van der Waals surface area contributed by atoms with E-state index in [1.165, 1.54) is 6.07 Å². The van der Waals surface area contributed by atoms with Gasteiger partial charge in [-0.3, -0.25) is 4.79 Å². The molecular weight excluding hydrogens is 325 g/mol. The van der Waals surface area contributed by atoms with Crippen LogP contribution in [0.3, 0.4) is 0 Å². The highest BCUT2D eigenvalue weighted by molar-refractivity contribution is 6.34. The summed E-state index contributed by atoms with van der Waals surface area (Å²) in [6.07, 6.45) is -1.17. The minimum Gasteiger partial charge on any atom is -0.508 e. The first-order valence-electron chi connectivity index (χ1n) is 6.58. The van der Waals surface area contributed by atoms with E-state index in [2.05, 4.69) is 5.32 Å². The Morgan fingerprint density at radius 3 is 2.41 bits per heavy atom. The largest absolute Gasteiger partial charge is 0.508 e. The first-order chi connectivity index (χ1) is 10.3. The Morgan fingerprint density at radius 1 is 1.18 bits per heavy atom. The Labute approximate surface area is 138 Å². The van der Waals surface area contributed by atoms with Crippen molar-refractivity contribution in [2.24, 2.45) is 0 Å². The predicted octanol–water partition coefficient (Wildman–Crippen LogP) is 4.07. The van der Waals surface area contributed by atoms with Crippen LogP contribution in [0.5, 0.6) is 5.75 Å². The molecule has 22 heavy (non-hydrogen) atoms. The van der Waals surface area contributed by atoms with Crippen LogP contribution in [0.15, 0.2) is 36.4 Å². The maximum atomic E-state index is 11.9. The summed E-state index contributed by atoms with van der Waals surface area (Å²) in [5.74, 6) is -0.285. The zero-order valence-corrected chi connectivity index (χ0v) is 13.3. The maximum absolute atomic E-state index is 11.9. The topological polar surface area (TPSA) is 69.6 Å². The van der Waals surface area contributed by atoms with Crippen LogP contribution in [0.1, 0.15) is 23.7 Å². The second-order valence-corrected chi connectivity index (χ2v) is 5.85. The Hall–Kier alpha value is -1.75. The molecule has 3 N–H and O–H groups in total. The zero-order valence-electron chi connectivity index (χ0n) is 11.8. The van der Waals surface area contributed by atoms with Crippen molar-refractivity contribution in [1.29, 1.82) is 0 Å². The van der Waals surface area contributed by atoms with E-state index in [1.807, 2.05) is 0 Å². The van der Waals surface area contributed by atoms with Gasteiger partial charge >= 0.3 is 0 Å². The first-order valence-corrected chi connectivity index (χ1v) is 7.34. The molecule has 2 aromatic carbocycles. The molecular formula is C16H15Cl2NO3. The highest BCUT2D eigenvalue weighted by Crippen LogP contribution is 2.26. The molecule has 0 aliphatic heterocycles. The number of phenolic OH excluding ortho intramolecular Hbond substituents is 1. The van der Waals surface area contributed by atoms with E-state index >= 15 is 0 Å². The number of phenols is 1. The Bertz CT molecular complexity index is 684. The summed E-state index contributed by atoms with van der Waals surface area (Å²) in [5.41, 5.74) is 1.65. The molecule has 0 spiro atoms. The number of rotatable bonds is 4. The summed E-state index contributed by atoms with van der Waals surface area (Å²) in [5, 5.41) is 23.1. The van der Waals surface area contributed by atoms with Crippen molar-refractivity contribution in [3.8, 4) is 5.75 Å². The molecule has 0 saturated carbocycles. The molecule has 0 bridgehead atoms. The van der Waals surface area contributed by atoms with E-state index in [4.69, 9.17) is 23.2 Å². The summed E-state index contributed by atoms with van der Waals surface area (Å²) in [4.78, 5) is 11.9. The lowest BCUT2D eigenvalue weighted by molar-refractivity contribution is -0.118. The Morgan fingerprint density at radius 2 is 1.82 bits per heavy atom. The number of aliphatic hydroxyl groups excluding tert-OH is 1. The molecule has 0 radical (unpaired) electrons. The number of hydrogen-bond donors (Lipinski definition) is 3. The molecule has 1 amide bonds. The molecule has 0 heterocycles. The fourth-order valence-corrected chi connectivity index (χ4v) is 2.50. The predicted molar refractivity (Wildman–Crippen MR) is 87.5 cm³/mol. The van der Waals surface area contributed by atoms with Crippen molar-refractivity contribution in [3.05, 3.63) is 57.6 Å². The number of amides is 1. The van der Waals surface area contributed by atoms with Gasteiger partial charge in [-0.2, -0.15) is 0 Å². The number of carbonyl (C=O) groups is 1. The molecule has 1 unspecified atom stereocenters. The molecule has 4 nitrogen and oxygen atoms in total. The van der Waals surface area contributed by atoms with Crippen LogP contribution in [0.2, 0.25) is 10.0 Å². The second-order valence-electron chi connectivity index (χ2n) is 4.97. The van der Waals surface area contributed by atoms with Gasteiger partial charge in [-0.05, 0) is 42.3 Å². The van der Waals surface area contributed by atoms with E-state index in [1.54, 1.807) is 37.3 Å². The van der Waals surface area contributed by atoms with Gasteiger partial charge in [0.2, 0.25) is 5.91 Å². The summed E-state index contributed by atoms with van der Waals surface area (Å²) in [6, 6.07) is 9.49. The van der Waals surface area contributed by atoms with E-state index in [0.717, 1.165) is 0 Å². The van der Waals surface area contributed by atoms with E-state index in [9.17, 15) is 15.0 Å². The van der Waals surface area contributed by atoms with Gasteiger partial charge in [-0.15, -0.1) is 0 Å². The van der Waals surface area contributed by atoms with Gasteiger partial charge in [0.25, 0.3) is 0 Å². The standard InChI is InChI=1S/C16H15Cl2NO3/c1-9-2-3-13(7-14(9)20)19-16(22)8-15(21)10-4-11(17)6-12(18)5-10/h2-7,15,20-21H,8H2,1H3,(H,19,22). The lowest BCUT2D eigenvalue weighted by Gasteiger charge is -2.12. The Balaban J connectivity index is 2.03. The third-order valence-electron chi connectivity index (χ3n) is 3.14. The van der Waals surface area contributed by atoms with Crippen LogP contribution in [0.25, 0.3) is 0 Å². The van der Waals surface area contributed by atoms with Gasteiger partial charge in [0.1, 0.15) is 5.75 Å². The maximum Gasteiger partial charge on any atom is 0.227 e. The quantitative estimate of drug-likeness (QED) is 0.786. The fraction of sp³-hybridized carbons (Fsp3) is 0.188. The van der Waals surface area contributed by atoms with Gasteiger partial charge in [0, 0.05) is 21.8 Å². The minimum atomic E-state index is -1.02. The van der Waals surface area contributed by atoms with E-state index in [0.29, 0.717) is 26.9 Å². The first kappa shape index (κ1) is 16.6. The smallest absolute Gasteiger partial charge is 0.227 e. The summed E-state index contributed by atoms with van der Waals surface area (Å²) < 4.78 is 0. The number of halogens is 2. The van der Waals surface area contributed by atoms with Crippen molar-refractivity contribution in [1.82, 2.24) is 0 Å². The lowest BCUT2D eigenvalue weighted by Crippen LogP contribution is -2.15. The van der Waals surface area contributed by atoms with Crippen LogP contribution >= 0.6 is 23.2 Å². The number of aromatic hydroxyl groups is 1. The molecule has 0 aliphatic carbocycles. The van der Waals surface area contributed by atoms with E-state index in [-0.39, 0.29) is 18.1 Å². The molecule has 0 saturated heterocycles. The minimum absolute atomic E-state index is 0.0972. The number of nitrogens with one attached hydrogen (secondary N) is 1. The number of benzene rings is 2. The van der Waals surface area contributed by atoms with Crippen LogP contribution in [0, 0.1) is 6.92 Å². The van der Waals surface area contributed by atoms with Crippen LogP contribution < -0.4 is 5.32 Å². The van der Waals surface area contributed by atoms with Crippen molar-refractivity contribution in [2.75, 3.05) is 5.32 Å². The van der Waals surface area contributed by atoms with Gasteiger partial charge in [-0.25, -0.2) is 0 Å². The summed E-state index contributed by atoms with van der Waals surface area (Å²) >= 11 is 11.7. The monoisotopic (exact) mass is 339 g/mol. The highest BCUT2D eigenvalue weighted by atomic mass is 35.5.